The minimum atomic E-state index is 0.369. The molecule has 0 bridgehead atoms. The molecule has 1 aromatic rings. The second-order valence-electron chi connectivity index (χ2n) is 4.18. The van der Waals surface area contributed by atoms with Gasteiger partial charge in [-0.05, 0) is 17.9 Å². The molecule has 0 saturated carbocycles. The fourth-order valence-electron chi connectivity index (χ4n) is 1.86. The van der Waals surface area contributed by atoms with Gasteiger partial charge >= 0.3 is 0 Å². The number of hydrogen-bond donors (Lipinski definition) is 2. The van der Waals surface area contributed by atoms with Crippen LogP contribution in [0.15, 0.2) is 43.0 Å². The van der Waals surface area contributed by atoms with E-state index in [-0.39, 0.29) is 0 Å². The van der Waals surface area contributed by atoms with Crippen LogP contribution in [-0.4, -0.2) is 19.1 Å². The third-order valence-corrected chi connectivity index (χ3v) is 2.84. The van der Waals surface area contributed by atoms with E-state index in [0.717, 1.165) is 13.0 Å². The lowest BCUT2D eigenvalue weighted by atomic mass is 9.94. The molecule has 0 aliphatic rings. The van der Waals surface area contributed by atoms with E-state index in [1.165, 1.54) is 5.56 Å². The number of hydrogen-bond acceptors (Lipinski definition) is 2. The monoisotopic (exact) mass is 218 g/mol. The Hall–Kier alpha value is -1.12. The van der Waals surface area contributed by atoms with Crippen LogP contribution in [0.25, 0.3) is 0 Å². The zero-order valence-corrected chi connectivity index (χ0v) is 10.0. The Balaban J connectivity index is 2.48. The van der Waals surface area contributed by atoms with E-state index in [9.17, 15) is 0 Å². The van der Waals surface area contributed by atoms with Crippen molar-refractivity contribution in [2.45, 2.75) is 25.3 Å². The van der Waals surface area contributed by atoms with Crippen molar-refractivity contribution < 1.29 is 0 Å². The molecule has 88 valence electrons. The second-order valence-corrected chi connectivity index (χ2v) is 4.18. The topological polar surface area (TPSA) is 38.0 Å². The van der Waals surface area contributed by atoms with E-state index in [0.29, 0.717) is 18.5 Å². The first-order valence-corrected chi connectivity index (χ1v) is 5.87. The van der Waals surface area contributed by atoms with E-state index in [2.05, 4.69) is 43.1 Å². The molecule has 0 aromatic heterocycles. The van der Waals surface area contributed by atoms with Crippen LogP contribution in [0.3, 0.4) is 0 Å². The van der Waals surface area contributed by atoms with E-state index < -0.39 is 0 Å². The summed E-state index contributed by atoms with van der Waals surface area (Å²) in [6.07, 6.45) is 2.93. The third-order valence-electron chi connectivity index (χ3n) is 2.84. The first-order valence-electron chi connectivity index (χ1n) is 5.87. The van der Waals surface area contributed by atoms with Gasteiger partial charge in [-0.15, -0.1) is 6.58 Å². The Morgan fingerprint density at radius 1 is 1.38 bits per heavy atom. The molecule has 2 nitrogen and oxygen atoms in total. The van der Waals surface area contributed by atoms with Crippen LogP contribution in [0, 0.1) is 0 Å². The summed E-state index contributed by atoms with van der Waals surface area (Å²) in [4.78, 5) is 0. The fourth-order valence-corrected chi connectivity index (χ4v) is 1.86. The lowest BCUT2D eigenvalue weighted by Gasteiger charge is -2.20. The summed E-state index contributed by atoms with van der Waals surface area (Å²) in [6, 6.07) is 10.9. The van der Waals surface area contributed by atoms with Crippen LogP contribution >= 0.6 is 0 Å². The Labute approximate surface area is 98.6 Å². The summed E-state index contributed by atoms with van der Waals surface area (Å²) in [5.41, 5.74) is 7.12. The van der Waals surface area contributed by atoms with Gasteiger partial charge in [-0.3, -0.25) is 0 Å². The van der Waals surface area contributed by atoms with Gasteiger partial charge in [0.15, 0.2) is 0 Å². The van der Waals surface area contributed by atoms with Gasteiger partial charge in [0.05, 0.1) is 0 Å². The molecular formula is C14H22N2. The van der Waals surface area contributed by atoms with Crippen LogP contribution in [0.5, 0.6) is 0 Å². The Morgan fingerprint density at radius 2 is 2.06 bits per heavy atom. The molecule has 1 aromatic carbocycles. The summed E-state index contributed by atoms with van der Waals surface area (Å²) >= 11 is 0. The summed E-state index contributed by atoms with van der Waals surface area (Å²) in [5.74, 6) is 0.534. The third kappa shape index (κ3) is 4.17. The van der Waals surface area contributed by atoms with Crippen LogP contribution in [0.1, 0.15) is 24.8 Å². The van der Waals surface area contributed by atoms with Gasteiger partial charge in [-0.1, -0.05) is 43.3 Å². The molecule has 0 radical (unpaired) electrons. The maximum Gasteiger partial charge on any atom is 0.0198 e. The minimum absolute atomic E-state index is 0.369. The highest BCUT2D eigenvalue weighted by molar-refractivity contribution is 5.18. The van der Waals surface area contributed by atoms with E-state index in [1.807, 2.05) is 12.1 Å². The van der Waals surface area contributed by atoms with E-state index >= 15 is 0 Å². The smallest absolute Gasteiger partial charge is 0.0198 e. The van der Waals surface area contributed by atoms with Gasteiger partial charge in [-0.25, -0.2) is 0 Å². The minimum Gasteiger partial charge on any atom is -0.329 e. The zero-order chi connectivity index (χ0) is 11.8. The van der Waals surface area contributed by atoms with Gasteiger partial charge in [0.25, 0.3) is 0 Å². The van der Waals surface area contributed by atoms with Crippen molar-refractivity contribution in [3.05, 3.63) is 48.6 Å². The normalized spacial score (nSPS) is 14.4. The first kappa shape index (κ1) is 12.9. The van der Waals surface area contributed by atoms with Gasteiger partial charge < -0.3 is 11.1 Å². The molecular weight excluding hydrogens is 196 g/mol. The van der Waals surface area contributed by atoms with E-state index in [1.54, 1.807) is 0 Å². The quantitative estimate of drug-likeness (QED) is 0.689. The lowest BCUT2D eigenvalue weighted by Crippen LogP contribution is -2.37. The molecule has 0 spiro atoms. The average molecular weight is 218 g/mol. The van der Waals surface area contributed by atoms with Crippen LogP contribution < -0.4 is 11.1 Å². The molecule has 16 heavy (non-hydrogen) atoms. The highest BCUT2D eigenvalue weighted by Crippen LogP contribution is 2.19. The van der Waals surface area contributed by atoms with Crippen molar-refractivity contribution in [2.24, 2.45) is 5.73 Å². The van der Waals surface area contributed by atoms with Gasteiger partial charge in [-0.2, -0.15) is 0 Å². The SMILES string of the molecule is C=CCNC(CN)CC(C)c1ccccc1. The van der Waals surface area contributed by atoms with Crippen molar-refractivity contribution >= 4 is 0 Å². The predicted molar refractivity (Wildman–Crippen MR) is 70.5 cm³/mol. The molecule has 3 N–H and O–H groups in total. The molecule has 2 unspecified atom stereocenters. The highest BCUT2D eigenvalue weighted by atomic mass is 14.9. The van der Waals surface area contributed by atoms with Crippen molar-refractivity contribution in [1.82, 2.24) is 5.32 Å². The molecule has 0 saturated heterocycles. The van der Waals surface area contributed by atoms with Crippen LogP contribution in [0.2, 0.25) is 0 Å². The first-order chi connectivity index (χ1) is 7.77. The molecule has 2 atom stereocenters. The number of nitrogens with two attached hydrogens (primary N) is 1. The maximum atomic E-state index is 5.74. The van der Waals surface area contributed by atoms with Gasteiger partial charge in [0, 0.05) is 19.1 Å². The molecule has 2 heteroatoms. The zero-order valence-electron chi connectivity index (χ0n) is 10.0. The summed E-state index contributed by atoms with van der Waals surface area (Å²) in [6.45, 7) is 7.44. The summed E-state index contributed by atoms with van der Waals surface area (Å²) < 4.78 is 0. The van der Waals surface area contributed by atoms with Crippen molar-refractivity contribution in [3.63, 3.8) is 0 Å². The standard InChI is InChI=1S/C14H22N2/c1-3-9-16-14(11-15)10-12(2)13-7-5-4-6-8-13/h3-8,12,14,16H,1,9-11,15H2,2H3. The number of nitrogens with one attached hydrogen (secondary N) is 1. The molecule has 0 aliphatic carbocycles. The molecule has 0 heterocycles. The van der Waals surface area contributed by atoms with Crippen molar-refractivity contribution in [3.8, 4) is 0 Å². The fraction of sp³-hybridized carbons (Fsp3) is 0.429. The number of rotatable bonds is 7. The van der Waals surface area contributed by atoms with Gasteiger partial charge in [0.1, 0.15) is 0 Å². The summed E-state index contributed by atoms with van der Waals surface area (Å²) in [5, 5.41) is 3.38. The largest absolute Gasteiger partial charge is 0.329 e. The van der Waals surface area contributed by atoms with Crippen molar-refractivity contribution in [2.75, 3.05) is 13.1 Å². The maximum absolute atomic E-state index is 5.74. The molecule has 0 fully saturated rings. The lowest BCUT2D eigenvalue weighted by molar-refractivity contribution is 0.476. The Morgan fingerprint density at radius 3 is 2.62 bits per heavy atom. The Bertz CT molecular complexity index is 295. The summed E-state index contributed by atoms with van der Waals surface area (Å²) in [7, 11) is 0. The number of benzene rings is 1. The Kier molecular flexibility index (Phi) is 5.83. The predicted octanol–water partition coefficient (Wildman–Crippen LogP) is 2.28. The van der Waals surface area contributed by atoms with Crippen molar-refractivity contribution in [1.29, 1.82) is 0 Å². The average Bonchev–Trinajstić information content (AvgIpc) is 2.35. The van der Waals surface area contributed by atoms with Gasteiger partial charge in [0.2, 0.25) is 0 Å². The van der Waals surface area contributed by atoms with Crippen LogP contribution in [-0.2, 0) is 0 Å². The molecule has 0 aliphatic heterocycles. The highest BCUT2D eigenvalue weighted by Gasteiger charge is 2.11. The molecule has 1 rings (SSSR count). The van der Waals surface area contributed by atoms with Crippen LogP contribution in [0.4, 0.5) is 0 Å². The van der Waals surface area contributed by atoms with E-state index in [4.69, 9.17) is 5.73 Å². The molecule has 0 amide bonds. The second kappa shape index (κ2) is 7.20.